The van der Waals surface area contributed by atoms with Gasteiger partial charge in [0.2, 0.25) is 0 Å². The fourth-order valence-electron chi connectivity index (χ4n) is 2.94. The second-order valence-corrected chi connectivity index (χ2v) is 7.83. The summed E-state index contributed by atoms with van der Waals surface area (Å²) in [5, 5.41) is 3.52. The van der Waals surface area contributed by atoms with Crippen LogP contribution in [0.4, 0.5) is 0 Å². The summed E-state index contributed by atoms with van der Waals surface area (Å²) in [5.41, 5.74) is 0. The summed E-state index contributed by atoms with van der Waals surface area (Å²) in [6.07, 6.45) is 3.50. The highest BCUT2D eigenvalue weighted by Crippen LogP contribution is 2.21. The normalized spacial score (nSPS) is 41.5. The smallest absolute Gasteiger partial charge is 0.150 e. The van der Waals surface area contributed by atoms with Crippen LogP contribution in [0.1, 0.15) is 33.1 Å². The summed E-state index contributed by atoms with van der Waals surface area (Å²) >= 11 is 0. The molecule has 2 heterocycles. The minimum absolute atomic E-state index is 0.309. The molecule has 2 aliphatic rings. The van der Waals surface area contributed by atoms with Crippen LogP contribution in [-0.2, 0) is 14.6 Å². The van der Waals surface area contributed by atoms with Crippen molar-refractivity contribution in [3.63, 3.8) is 0 Å². The Morgan fingerprint density at radius 2 is 1.88 bits per heavy atom. The van der Waals surface area contributed by atoms with Gasteiger partial charge >= 0.3 is 0 Å². The first-order valence-electron chi connectivity index (χ1n) is 6.54. The van der Waals surface area contributed by atoms with Gasteiger partial charge in [-0.15, -0.1) is 0 Å². The summed E-state index contributed by atoms with van der Waals surface area (Å²) in [7, 11) is -2.73. The molecule has 2 rings (SSSR count). The minimum atomic E-state index is -2.73. The zero-order valence-electron chi connectivity index (χ0n) is 10.7. The average Bonchev–Trinajstić information content (AvgIpc) is 2.54. The van der Waals surface area contributed by atoms with Crippen LogP contribution in [0.15, 0.2) is 0 Å². The number of ether oxygens (including phenoxy) is 1. The van der Waals surface area contributed by atoms with E-state index in [-0.39, 0.29) is 0 Å². The maximum atomic E-state index is 11.3. The zero-order chi connectivity index (χ0) is 12.5. The van der Waals surface area contributed by atoms with Gasteiger partial charge in [-0.2, -0.15) is 0 Å². The predicted molar refractivity (Wildman–Crippen MR) is 67.8 cm³/mol. The fraction of sp³-hybridized carbons (Fsp3) is 1.00. The van der Waals surface area contributed by atoms with Gasteiger partial charge < -0.3 is 10.1 Å². The molecule has 0 aromatic heterocycles. The Morgan fingerprint density at radius 1 is 1.24 bits per heavy atom. The molecule has 2 aliphatic heterocycles. The lowest BCUT2D eigenvalue weighted by Gasteiger charge is -2.33. The van der Waals surface area contributed by atoms with Crippen LogP contribution in [-0.4, -0.2) is 44.7 Å². The van der Waals surface area contributed by atoms with Crippen LogP contribution < -0.4 is 5.32 Å². The molecule has 0 aromatic carbocycles. The molecule has 2 saturated heterocycles. The molecule has 0 spiro atoms. The number of rotatable bonds is 3. The molecule has 0 aliphatic carbocycles. The number of hydrogen-bond donors (Lipinski definition) is 1. The van der Waals surface area contributed by atoms with Crippen LogP contribution in [0.25, 0.3) is 0 Å². The Morgan fingerprint density at radius 3 is 2.41 bits per heavy atom. The fourth-order valence-corrected chi connectivity index (χ4v) is 4.80. The Kier molecular flexibility index (Phi) is 4.10. The maximum absolute atomic E-state index is 11.3. The standard InChI is InChI=1S/C12H23NO3S/c1-9-5-12(6-10(2)16-9)13-7-11-3-4-17(14,15)8-11/h9-13H,3-8H2,1-2H3. The molecule has 17 heavy (non-hydrogen) atoms. The van der Waals surface area contributed by atoms with Gasteiger partial charge in [0.15, 0.2) is 9.84 Å². The van der Waals surface area contributed by atoms with E-state index in [2.05, 4.69) is 19.2 Å². The lowest BCUT2D eigenvalue weighted by molar-refractivity contribution is -0.0423. The van der Waals surface area contributed by atoms with Crippen LogP contribution in [0.2, 0.25) is 0 Å². The second kappa shape index (κ2) is 5.24. The Bertz CT molecular complexity index is 345. The third kappa shape index (κ3) is 3.93. The van der Waals surface area contributed by atoms with E-state index in [9.17, 15) is 8.42 Å². The van der Waals surface area contributed by atoms with Crippen molar-refractivity contribution < 1.29 is 13.2 Å². The maximum Gasteiger partial charge on any atom is 0.150 e. The first-order chi connectivity index (χ1) is 7.94. The molecule has 2 fully saturated rings. The predicted octanol–water partition coefficient (Wildman–Crippen LogP) is 0.967. The van der Waals surface area contributed by atoms with Crippen molar-refractivity contribution in [1.82, 2.24) is 5.32 Å². The van der Waals surface area contributed by atoms with Gasteiger partial charge in [-0.1, -0.05) is 0 Å². The van der Waals surface area contributed by atoms with E-state index in [0.717, 1.165) is 25.8 Å². The van der Waals surface area contributed by atoms with E-state index in [1.807, 2.05) is 0 Å². The van der Waals surface area contributed by atoms with Crippen LogP contribution in [0, 0.1) is 5.92 Å². The molecule has 5 heteroatoms. The number of hydrogen-bond acceptors (Lipinski definition) is 4. The largest absolute Gasteiger partial charge is 0.375 e. The molecule has 0 amide bonds. The summed E-state index contributed by atoms with van der Waals surface area (Å²) in [6.45, 7) is 5.04. The molecule has 0 radical (unpaired) electrons. The van der Waals surface area contributed by atoms with Crippen molar-refractivity contribution in [3.8, 4) is 0 Å². The van der Waals surface area contributed by atoms with Crippen molar-refractivity contribution >= 4 is 9.84 Å². The molecular weight excluding hydrogens is 238 g/mol. The topological polar surface area (TPSA) is 55.4 Å². The van der Waals surface area contributed by atoms with E-state index in [4.69, 9.17) is 4.74 Å². The quantitative estimate of drug-likeness (QED) is 0.822. The Hall–Kier alpha value is -0.130. The molecule has 3 unspecified atom stereocenters. The van der Waals surface area contributed by atoms with Gasteiger partial charge in [0, 0.05) is 6.04 Å². The van der Waals surface area contributed by atoms with Crippen molar-refractivity contribution in [2.24, 2.45) is 5.92 Å². The van der Waals surface area contributed by atoms with Crippen LogP contribution >= 0.6 is 0 Å². The Balaban J connectivity index is 1.75. The van der Waals surface area contributed by atoms with Crippen molar-refractivity contribution in [2.75, 3.05) is 18.1 Å². The number of nitrogens with one attached hydrogen (secondary N) is 1. The van der Waals surface area contributed by atoms with Gasteiger partial charge in [0.1, 0.15) is 0 Å². The van der Waals surface area contributed by atoms with E-state index in [1.165, 1.54) is 0 Å². The lowest BCUT2D eigenvalue weighted by atomic mass is 9.99. The zero-order valence-corrected chi connectivity index (χ0v) is 11.5. The van der Waals surface area contributed by atoms with Crippen molar-refractivity contribution in [2.45, 2.75) is 51.4 Å². The highest BCUT2D eigenvalue weighted by Gasteiger charge is 2.29. The van der Waals surface area contributed by atoms with Crippen LogP contribution in [0.5, 0.6) is 0 Å². The SMILES string of the molecule is CC1CC(NCC2CCS(=O)(=O)C2)CC(C)O1. The number of sulfone groups is 1. The van der Waals surface area contributed by atoms with E-state index >= 15 is 0 Å². The van der Waals surface area contributed by atoms with Gasteiger partial charge in [-0.05, 0) is 45.6 Å². The molecule has 1 N–H and O–H groups in total. The van der Waals surface area contributed by atoms with E-state index in [1.54, 1.807) is 0 Å². The second-order valence-electron chi connectivity index (χ2n) is 5.60. The molecule has 100 valence electrons. The summed E-state index contributed by atoms with van der Waals surface area (Å²) < 4.78 is 28.4. The average molecular weight is 261 g/mol. The molecular formula is C12H23NO3S. The summed E-state index contributed by atoms with van der Waals surface area (Å²) in [4.78, 5) is 0. The van der Waals surface area contributed by atoms with Gasteiger partial charge in [-0.25, -0.2) is 8.42 Å². The first-order valence-corrected chi connectivity index (χ1v) is 8.36. The lowest BCUT2D eigenvalue weighted by Crippen LogP contribution is -2.43. The highest BCUT2D eigenvalue weighted by molar-refractivity contribution is 7.91. The molecule has 0 bridgehead atoms. The first kappa shape index (κ1) is 13.3. The molecule has 0 aromatic rings. The van der Waals surface area contributed by atoms with Crippen LogP contribution in [0.3, 0.4) is 0 Å². The van der Waals surface area contributed by atoms with E-state index < -0.39 is 9.84 Å². The molecule has 4 nitrogen and oxygen atoms in total. The van der Waals surface area contributed by atoms with Gasteiger partial charge in [0.25, 0.3) is 0 Å². The van der Waals surface area contributed by atoms with Crippen molar-refractivity contribution in [3.05, 3.63) is 0 Å². The van der Waals surface area contributed by atoms with Crippen molar-refractivity contribution in [1.29, 1.82) is 0 Å². The summed E-state index contributed by atoms with van der Waals surface area (Å²) in [6, 6.07) is 0.483. The summed E-state index contributed by atoms with van der Waals surface area (Å²) in [5.74, 6) is 1.06. The molecule has 3 atom stereocenters. The van der Waals surface area contributed by atoms with Gasteiger partial charge in [0.05, 0.1) is 23.7 Å². The third-order valence-electron chi connectivity index (χ3n) is 3.72. The monoisotopic (exact) mass is 261 g/mol. The van der Waals surface area contributed by atoms with Gasteiger partial charge in [-0.3, -0.25) is 0 Å². The highest BCUT2D eigenvalue weighted by atomic mass is 32.2. The molecule has 0 saturated carbocycles. The van der Waals surface area contributed by atoms with E-state index in [0.29, 0.717) is 35.7 Å². The third-order valence-corrected chi connectivity index (χ3v) is 5.56. The minimum Gasteiger partial charge on any atom is -0.375 e. The Labute approximate surface area is 104 Å².